The molecular weight excluding hydrogens is 532 g/mol. The monoisotopic (exact) mass is 570 g/mol. The summed E-state index contributed by atoms with van der Waals surface area (Å²) in [5, 5.41) is 19.3. The SMILES string of the molecule is CCN(CC)c1ccc(-c2c3c(n4ccc(-c5nnc(C)nn5)cc24)C(=O)N(CCCNC(=O)OC(C)(C)C)C3)cc1. The maximum atomic E-state index is 13.7. The number of benzene rings is 1. The minimum atomic E-state index is -0.557. The molecule has 4 heterocycles. The van der Waals surface area contributed by atoms with Crippen molar-refractivity contribution in [1.82, 2.24) is 35.0 Å². The van der Waals surface area contributed by atoms with E-state index < -0.39 is 11.7 Å². The molecule has 0 bridgehead atoms. The van der Waals surface area contributed by atoms with Gasteiger partial charge in [-0.15, -0.1) is 20.4 Å². The zero-order valence-corrected chi connectivity index (χ0v) is 25.1. The third-order valence-electron chi connectivity index (χ3n) is 7.27. The Labute approximate surface area is 245 Å². The van der Waals surface area contributed by atoms with Gasteiger partial charge in [0.25, 0.3) is 5.91 Å². The first-order chi connectivity index (χ1) is 20.1. The Balaban J connectivity index is 1.46. The predicted molar refractivity (Wildman–Crippen MR) is 161 cm³/mol. The van der Waals surface area contributed by atoms with Crippen molar-refractivity contribution in [2.24, 2.45) is 0 Å². The van der Waals surface area contributed by atoms with Crippen LogP contribution in [0.1, 0.15) is 62.9 Å². The summed E-state index contributed by atoms with van der Waals surface area (Å²) in [5.41, 5.74) is 5.95. The fourth-order valence-corrected chi connectivity index (χ4v) is 5.34. The molecule has 0 atom stereocenters. The maximum Gasteiger partial charge on any atom is 0.407 e. The van der Waals surface area contributed by atoms with Crippen LogP contribution in [0.4, 0.5) is 10.5 Å². The van der Waals surface area contributed by atoms with E-state index in [0.29, 0.717) is 43.4 Å². The number of amides is 2. The number of aryl methyl sites for hydroxylation is 1. The molecule has 0 fully saturated rings. The molecule has 0 saturated carbocycles. The molecule has 42 heavy (non-hydrogen) atoms. The maximum absolute atomic E-state index is 13.7. The van der Waals surface area contributed by atoms with E-state index >= 15 is 0 Å². The number of hydrogen-bond acceptors (Lipinski definition) is 8. The van der Waals surface area contributed by atoms with Gasteiger partial charge < -0.3 is 24.3 Å². The lowest BCUT2D eigenvalue weighted by atomic mass is 10.0. The first kappa shape index (κ1) is 29.0. The van der Waals surface area contributed by atoms with Crippen LogP contribution in [-0.2, 0) is 11.3 Å². The van der Waals surface area contributed by atoms with Crippen molar-refractivity contribution in [2.45, 2.75) is 60.1 Å². The van der Waals surface area contributed by atoms with E-state index in [2.05, 4.69) is 68.7 Å². The van der Waals surface area contributed by atoms with Gasteiger partial charge in [-0.3, -0.25) is 4.79 Å². The van der Waals surface area contributed by atoms with E-state index in [9.17, 15) is 9.59 Å². The van der Waals surface area contributed by atoms with Crippen LogP contribution in [0.5, 0.6) is 0 Å². The van der Waals surface area contributed by atoms with Crippen molar-refractivity contribution in [3.8, 4) is 22.5 Å². The molecule has 0 unspecified atom stereocenters. The van der Waals surface area contributed by atoms with Crippen LogP contribution in [0.3, 0.4) is 0 Å². The van der Waals surface area contributed by atoms with Crippen molar-refractivity contribution >= 4 is 23.2 Å². The minimum absolute atomic E-state index is 0.0362. The lowest BCUT2D eigenvalue weighted by molar-refractivity contribution is 0.0526. The highest BCUT2D eigenvalue weighted by Gasteiger charge is 2.34. The Bertz CT molecular complexity index is 1590. The zero-order chi connectivity index (χ0) is 30.0. The lowest BCUT2D eigenvalue weighted by Gasteiger charge is -2.21. The number of carbonyl (C=O) groups excluding carboxylic acids is 2. The number of hydrogen-bond donors (Lipinski definition) is 1. The number of pyridine rings is 1. The fraction of sp³-hybridized carbons (Fsp3) is 0.419. The van der Waals surface area contributed by atoms with Gasteiger partial charge in [-0.25, -0.2) is 4.79 Å². The van der Waals surface area contributed by atoms with Crippen molar-refractivity contribution < 1.29 is 14.3 Å². The summed E-state index contributed by atoms with van der Waals surface area (Å²) in [6.45, 7) is 14.8. The number of ether oxygens (including phenoxy) is 1. The molecule has 0 aliphatic carbocycles. The molecule has 1 aliphatic heterocycles. The molecule has 3 aromatic heterocycles. The topological polar surface area (TPSA) is 118 Å². The Morgan fingerprint density at radius 2 is 1.71 bits per heavy atom. The van der Waals surface area contributed by atoms with Gasteiger partial charge in [-0.05, 0) is 77.8 Å². The van der Waals surface area contributed by atoms with Crippen LogP contribution >= 0.6 is 0 Å². The molecule has 11 nitrogen and oxygen atoms in total. The van der Waals surface area contributed by atoms with Gasteiger partial charge in [0.1, 0.15) is 11.3 Å². The highest BCUT2D eigenvalue weighted by molar-refractivity contribution is 6.04. The number of alkyl carbamates (subject to hydrolysis) is 1. The molecule has 1 aromatic carbocycles. The van der Waals surface area contributed by atoms with Crippen LogP contribution < -0.4 is 10.2 Å². The number of nitrogens with zero attached hydrogens (tertiary/aromatic N) is 7. The van der Waals surface area contributed by atoms with E-state index in [-0.39, 0.29) is 5.91 Å². The molecule has 1 aliphatic rings. The number of fused-ring (bicyclic) bond motifs is 3. The van der Waals surface area contributed by atoms with Crippen molar-refractivity contribution in [3.63, 3.8) is 0 Å². The van der Waals surface area contributed by atoms with Gasteiger partial charge in [-0.2, -0.15) is 0 Å². The fourth-order valence-electron chi connectivity index (χ4n) is 5.34. The number of anilines is 1. The summed E-state index contributed by atoms with van der Waals surface area (Å²) in [6.07, 6.45) is 2.05. The summed E-state index contributed by atoms with van der Waals surface area (Å²) in [6, 6.07) is 12.4. The van der Waals surface area contributed by atoms with Crippen molar-refractivity contribution in [2.75, 3.05) is 31.1 Å². The molecule has 4 aromatic rings. The van der Waals surface area contributed by atoms with Crippen LogP contribution in [0.15, 0.2) is 42.6 Å². The third-order valence-corrected chi connectivity index (χ3v) is 7.27. The van der Waals surface area contributed by atoms with E-state index in [4.69, 9.17) is 4.74 Å². The van der Waals surface area contributed by atoms with Crippen LogP contribution in [0, 0.1) is 6.92 Å². The highest BCUT2D eigenvalue weighted by Crippen LogP contribution is 2.40. The first-order valence-corrected chi connectivity index (χ1v) is 14.4. The molecule has 220 valence electrons. The normalized spacial score (nSPS) is 13.0. The van der Waals surface area contributed by atoms with E-state index in [0.717, 1.165) is 46.5 Å². The van der Waals surface area contributed by atoms with Gasteiger partial charge in [0.15, 0.2) is 5.82 Å². The molecule has 11 heteroatoms. The van der Waals surface area contributed by atoms with Gasteiger partial charge in [0.05, 0.1) is 5.52 Å². The lowest BCUT2D eigenvalue weighted by Crippen LogP contribution is -2.34. The standard InChI is InChI=1S/C31H38N8O3/c1-7-37(8-2)23-12-10-21(11-13-23)26-24-19-38(16-9-15-32-30(41)42-31(4,5)6)29(40)27(24)39-17-14-22(18-25(26)39)28-35-33-20(3)34-36-28/h10-14,17-18H,7-9,15-16,19H2,1-6H3,(H,32,41). The predicted octanol–water partition coefficient (Wildman–Crippen LogP) is 4.88. The molecule has 1 N–H and O–H groups in total. The number of aromatic nitrogens is 5. The number of carbonyl (C=O) groups is 2. The van der Waals surface area contributed by atoms with Gasteiger partial charge >= 0.3 is 6.09 Å². The molecule has 0 radical (unpaired) electrons. The van der Waals surface area contributed by atoms with Crippen LogP contribution in [0.2, 0.25) is 0 Å². The van der Waals surface area contributed by atoms with Gasteiger partial charge in [0, 0.05) is 61.3 Å². The zero-order valence-electron chi connectivity index (χ0n) is 25.1. The average molecular weight is 571 g/mol. The molecular formula is C31H38N8O3. The number of nitrogens with one attached hydrogen (secondary N) is 1. The average Bonchev–Trinajstić information content (AvgIpc) is 3.44. The summed E-state index contributed by atoms with van der Waals surface area (Å²) in [5.74, 6) is 0.895. The second-order valence-corrected chi connectivity index (χ2v) is 11.4. The van der Waals surface area contributed by atoms with E-state index in [1.54, 1.807) is 6.92 Å². The molecule has 2 amide bonds. The molecule has 0 saturated heterocycles. The highest BCUT2D eigenvalue weighted by atomic mass is 16.6. The summed E-state index contributed by atoms with van der Waals surface area (Å²) in [4.78, 5) is 29.9. The Kier molecular flexibility index (Phi) is 8.11. The third kappa shape index (κ3) is 5.90. The van der Waals surface area contributed by atoms with Gasteiger partial charge in [-0.1, -0.05) is 12.1 Å². The van der Waals surface area contributed by atoms with Crippen LogP contribution in [0.25, 0.3) is 28.0 Å². The van der Waals surface area contributed by atoms with Crippen LogP contribution in [-0.4, -0.2) is 73.5 Å². The van der Waals surface area contributed by atoms with Crippen molar-refractivity contribution in [3.05, 3.63) is 59.7 Å². The summed E-state index contributed by atoms with van der Waals surface area (Å²) in [7, 11) is 0. The smallest absolute Gasteiger partial charge is 0.407 e. The molecule has 5 rings (SSSR count). The largest absolute Gasteiger partial charge is 0.444 e. The first-order valence-electron chi connectivity index (χ1n) is 14.4. The summed E-state index contributed by atoms with van der Waals surface area (Å²) >= 11 is 0. The van der Waals surface area contributed by atoms with Gasteiger partial charge in [0.2, 0.25) is 5.82 Å². The Morgan fingerprint density at radius 3 is 2.36 bits per heavy atom. The second kappa shape index (κ2) is 11.8. The Morgan fingerprint density at radius 1 is 1.02 bits per heavy atom. The Hall–Kier alpha value is -4.54. The second-order valence-electron chi connectivity index (χ2n) is 11.4. The van der Waals surface area contributed by atoms with Crippen molar-refractivity contribution in [1.29, 1.82) is 0 Å². The van der Waals surface area contributed by atoms with E-state index in [1.165, 1.54) is 0 Å². The minimum Gasteiger partial charge on any atom is -0.444 e. The summed E-state index contributed by atoms with van der Waals surface area (Å²) < 4.78 is 7.27. The molecule has 0 spiro atoms. The quantitative estimate of drug-likeness (QED) is 0.283. The number of rotatable bonds is 9. The van der Waals surface area contributed by atoms with E-state index in [1.807, 2.05) is 48.4 Å².